The lowest BCUT2D eigenvalue weighted by molar-refractivity contribution is -0.168. The number of hydrogen-bond donors (Lipinski definition) is 1. The SMILES string of the molecule is CON(C)C(=O)CCCNC(=O)c1ccco1. The first-order chi connectivity index (χ1) is 8.15. The molecule has 94 valence electrons. The zero-order valence-corrected chi connectivity index (χ0v) is 9.93. The number of hydrogen-bond acceptors (Lipinski definition) is 4. The Hall–Kier alpha value is -1.82. The number of carbonyl (C=O) groups is 2. The van der Waals surface area contributed by atoms with Gasteiger partial charge in [-0.15, -0.1) is 0 Å². The summed E-state index contributed by atoms with van der Waals surface area (Å²) in [5.74, 6) is -0.132. The molecule has 6 heteroatoms. The maximum Gasteiger partial charge on any atom is 0.286 e. The van der Waals surface area contributed by atoms with E-state index in [1.54, 1.807) is 19.2 Å². The molecule has 1 rings (SSSR count). The van der Waals surface area contributed by atoms with E-state index in [0.29, 0.717) is 19.4 Å². The van der Waals surface area contributed by atoms with Crippen molar-refractivity contribution in [2.45, 2.75) is 12.8 Å². The van der Waals surface area contributed by atoms with Crippen LogP contribution in [-0.2, 0) is 9.63 Å². The van der Waals surface area contributed by atoms with Crippen LogP contribution in [0.1, 0.15) is 23.4 Å². The van der Waals surface area contributed by atoms with Crippen molar-refractivity contribution < 1.29 is 18.8 Å². The van der Waals surface area contributed by atoms with E-state index >= 15 is 0 Å². The summed E-state index contributed by atoms with van der Waals surface area (Å²) >= 11 is 0. The van der Waals surface area contributed by atoms with E-state index in [2.05, 4.69) is 5.32 Å². The second-order valence-electron chi connectivity index (χ2n) is 3.41. The van der Waals surface area contributed by atoms with Crippen LogP contribution in [0.15, 0.2) is 22.8 Å². The number of hydroxylamine groups is 2. The summed E-state index contributed by atoms with van der Waals surface area (Å²) in [6.07, 6.45) is 2.31. The summed E-state index contributed by atoms with van der Waals surface area (Å²) in [6, 6.07) is 3.23. The molecule has 1 aromatic rings. The van der Waals surface area contributed by atoms with Crippen LogP contribution in [0.4, 0.5) is 0 Å². The predicted octanol–water partition coefficient (Wildman–Crippen LogP) is 0.809. The van der Waals surface area contributed by atoms with Gasteiger partial charge in [-0.05, 0) is 18.6 Å². The van der Waals surface area contributed by atoms with E-state index < -0.39 is 0 Å². The molecule has 0 unspecified atom stereocenters. The van der Waals surface area contributed by atoms with Gasteiger partial charge in [-0.1, -0.05) is 0 Å². The van der Waals surface area contributed by atoms with E-state index in [1.165, 1.54) is 13.4 Å². The molecule has 6 nitrogen and oxygen atoms in total. The van der Waals surface area contributed by atoms with E-state index in [0.717, 1.165) is 5.06 Å². The van der Waals surface area contributed by atoms with Crippen molar-refractivity contribution >= 4 is 11.8 Å². The summed E-state index contributed by atoms with van der Waals surface area (Å²) < 4.78 is 4.92. The Morgan fingerprint density at radius 1 is 1.53 bits per heavy atom. The zero-order valence-electron chi connectivity index (χ0n) is 9.93. The van der Waals surface area contributed by atoms with E-state index in [9.17, 15) is 9.59 Å². The van der Waals surface area contributed by atoms with Gasteiger partial charge in [0.1, 0.15) is 0 Å². The van der Waals surface area contributed by atoms with Crippen molar-refractivity contribution in [2.24, 2.45) is 0 Å². The van der Waals surface area contributed by atoms with E-state index in [-0.39, 0.29) is 17.6 Å². The van der Waals surface area contributed by atoms with Crippen molar-refractivity contribution in [2.75, 3.05) is 20.7 Å². The molecule has 0 saturated heterocycles. The second-order valence-corrected chi connectivity index (χ2v) is 3.41. The number of furan rings is 1. The largest absolute Gasteiger partial charge is 0.459 e. The van der Waals surface area contributed by atoms with Crippen LogP contribution in [0.3, 0.4) is 0 Å². The molecule has 0 aliphatic heterocycles. The van der Waals surface area contributed by atoms with Gasteiger partial charge in [0.2, 0.25) is 5.91 Å². The minimum Gasteiger partial charge on any atom is -0.459 e. The van der Waals surface area contributed by atoms with Crippen molar-refractivity contribution in [1.29, 1.82) is 0 Å². The molecule has 0 saturated carbocycles. The van der Waals surface area contributed by atoms with Crippen LogP contribution in [0.2, 0.25) is 0 Å². The quantitative estimate of drug-likeness (QED) is 0.590. The fourth-order valence-electron chi connectivity index (χ4n) is 1.20. The Morgan fingerprint density at radius 2 is 2.29 bits per heavy atom. The van der Waals surface area contributed by atoms with Gasteiger partial charge in [0.05, 0.1) is 13.4 Å². The highest BCUT2D eigenvalue weighted by Crippen LogP contribution is 2.00. The minimum atomic E-state index is -0.275. The first-order valence-electron chi connectivity index (χ1n) is 5.27. The third kappa shape index (κ3) is 4.28. The normalized spacial score (nSPS) is 10.0. The van der Waals surface area contributed by atoms with Crippen LogP contribution in [-0.4, -0.2) is 37.6 Å². The van der Waals surface area contributed by atoms with Gasteiger partial charge in [0.25, 0.3) is 5.91 Å². The van der Waals surface area contributed by atoms with E-state index in [1.807, 2.05) is 0 Å². The lowest BCUT2D eigenvalue weighted by Gasteiger charge is -2.13. The summed E-state index contributed by atoms with van der Waals surface area (Å²) in [6.45, 7) is 0.419. The van der Waals surface area contributed by atoms with Crippen molar-refractivity contribution in [3.05, 3.63) is 24.2 Å². The molecule has 0 aliphatic carbocycles. The average Bonchev–Trinajstić information content (AvgIpc) is 2.86. The monoisotopic (exact) mass is 240 g/mol. The van der Waals surface area contributed by atoms with Crippen LogP contribution < -0.4 is 5.32 Å². The Bertz CT molecular complexity index is 362. The Balaban J connectivity index is 2.16. The van der Waals surface area contributed by atoms with Gasteiger partial charge in [-0.2, -0.15) is 0 Å². The average molecular weight is 240 g/mol. The smallest absolute Gasteiger partial charge is 0.286 e. The Kier molecular flexibility index (Phi) is 5.22. The molecule has 2 amide bonds. The number of nitrogens with zero attached hydrogens (tertiary/aromatic N) is 1. The molecule has 1 N–H and O–H groups in total. The molecule has 0 aromatic carbocycles. The van der Waals surface area contributed by atoms with Gasteiger partial charge in [-0.25, -0.2) is 5.06 Å². The number of amides is 2. The number of rotatable bonds is 6. The van der Waals surface area contributed by atoms with Gasteiger partial charge >= 0.3 is 0 Å². The first kappa shape index (κ1) is 13.2. The fourth-order valence-corrected chi connectivity index (χ4v) is 1.20. The number of carbonyl (C=O) groups excluding carboxylic acids is 2. The van der Waals surface area contributed by atoms with Crippen molar-refractivity contribution in [3.63, 3.8) is 0 Å². The van der Waals surface area contributed by atoms with Crippen molar-refractivity contribution in [3.8, 4) is 0 Å². The summed E-state index contributed by atoms with van der Waals surface area (Å²) in [5.41, 5.74) is 0. The zero-order chi connectivity index (χ0) is 12.7. The topological polar surface area (TPSA) is 71.8 Å². The third-order valence-electron chi connectivity index (χ3n) is 2.22. The Morgan fingerprint density at radius 3 is 2.88 bits per heavy atom. The molecule has 0 atom stereocenters. The second kappa shape index (κ2) is 6.70. The maximum absolute atomic E-state index is 11.4. The van der Waals surface area contributed by atoms with Crippen molar-refractivity contribution in [1.82, 2.24) is 10.4 Å². The van der Waals surface area contributed by atoms with Gasteiger partial charge < -0.3 is 9.73 Å². The summed E-state index contributed by atoms with van der Waals surface area (Å²) in [4.78, 5) is 27.5. The summed E-state index contributed by atoms with van der Waals surface area (Å²) in [7, 11) is 2.97. The van der Waals surface area contributed by atoms with Crippen LogP contribution in [0.5, 0.6) is 0 Å². The van der Waals surface area contributed by atoms with Gasteiger partial charge in [0, 0.05) is 20.0 Å². The van der Waals surface area contributed by atoms with Crippen LogP contribution in [0, 0.1) is 0 Å². The third-order valence-corrected chi connectivity index (χ3v) is 2.22. The van der Waals surface area contributed by atoms with Crippen LogP contribution >= 0.6 is 0 Å². The fraction of sp³-hybridized carbons (Fsp3) is 0.455. The molecule has 0 radical (unpaired) electrons. The van der Waals surface area contributed by atoms with Gasteiger partial charge in [0.15, 0.2) is 5.76 Å². The molecular formula is C11H16N2O4. The molecule has 0 bridgehead atoms. The molecule has 17 heavy (non-hydrogen) atoms. The number of nitrogens with one attached hydrogen (secondary N) is 1. The van der Waals surface area contributed by atoms with Crippen LogP contribution in [0.25, 0.3) is 0 Å². The minimum absolute atomic E-state index is 0.125. The lowest BCUT2D eigenvalue weighted by Crippen LogP contribution is -2.28. The molecule has 1 aromatic heterocycles. The van der Waals surface area contributed by atoms with E-state index in [4.69, 9.17) is 9.25 Å². The molecule has 0 spiro atoms. The lowest BCUT2D eigenvalue weighted by atomic mass is 10.3. The molecular weight excluding hydrogens is 224 g/mol. The predicted molar refractivity (Wildman–Crippen MR) is 60.1 cm³/mol. The molecule has 1 heterocycles. The standard InChI is InChI=1S/C11H16N2O4/c1-13(16-2)10(14)6-3-7-12-11(15)9-5-4-8-17-9/h4-5,8H,3,6-7H2,1-2H3,(H,12,15). The van der Waals surface area contributed by atoms with Gasteiger partial charge in [-0.3, -0.25) is 14.4 Å². The summed E-state index contributed by atoms with van der Waals surface area (Å²) in [5, 5.41) is 3.81. The molecule has 0 aliphatic rings. The Labute approximate surface area is 99.5 Å². The highest BCUT2D eigenvalue weighted by molar-refractivity contribution is 5.91. The highest BCUT2D eigenvalue weighted by atomic mass is 16.7. The highest BCUT2D eigenvalue weighted by Gasteiger charge is 2.09. The maximum atomic E-state index is 11.4. The first-order valence-corrected chi connectivity index (χ1v) is 5.27. The molecule has 0 fully saturated rings.